The van der Waals surface area contributed by atoms with E-state index in [0.717, 1.165) is 12.2 Å². The van der Waals surface area contributed by atoms with Gasteiger partial charge < -0.3 is 4.74 Å². The molecular weight excluding hydrogens is 376 g/mol. The van der Waals surface area contributed by atoms with Crippen LogP contribution < -0.4 is 4.74 Å². The number of benzene rings is 3. The molecule has 0 saturated carbocycles. The van der Waals surface area contributed by atoms with Crippen LogP contribution in [0.5, 0.6) is 5.75 Å². The zero-order valence-electron chi connectivity index (χ0n) is 19.3. The number of allylic oxidation sites excluding steroid dienone is 4. The van der Waals surface area contributed by atoms with Gasteiger partial charge in [-0.05, 0) is 35.5 Å². The Morgan fingerprint density at radius 2 is 1.32 bits per heavy atom. The summed E-state index contributed by atoms with van der Waals surface area (Å²) in [6, 6.07) is 26.3. The molecule has 1 heteroatoms. The summed E-state index contributed by atoms with van der Waals surface area (Å²) in [5.74, 6) is 0.979. The van der Waals surface area contributed by atoms with E-state index in [-0.39, 0.29) is 5.41 Å². The maximum absolute atomic E-state index is 6.22. The third-order valence-electron chi connectivity index (χ3n) is 6.27. The first-order valence-electron chi connectivity index (χ1n) is 11.1. The fraction of sp³-hybridized carbons (Fsp3) is 0.267. The van der Waals surface area contributed by atoms with Gasteiger partial charge in [-0.3, -0.25) is 0 Å². The van der Waals surface area contributed by atoms with Crippen molar-refractivity contribution in [2.24, 2.45) is 0 Å². The summed E-state index contributed by atoms with van der Waals surface area (Å²) >= 11 is 0. The molecule has 0 spiro atoms. The van der Waals surface area contributed by atoms with Gasteiger partial charge in [-0.2, -0.15) is 0 Å². The molecule has 31 heavy (non-hydrogen) atoms. The van der Waals surface area contributed by atoms with Crippen LogP contribution in [0, 0.1) is 6.92 Å². The summed E-state index contributed by atoms with van der Waals surface area (Å²) in [6.07, 6.45) is 7.86. The molecule has 0 saturated heterocycles. The highest BCUT2D eigenvalue weighted by atomic mass is 16.5. The van der Waals surface area contributed by atoms with Crippen molar-refractivity contribution in [3.05, 3.63) is 124 Å². The number of hydrogen-bond donors (Lipinski definition) is 0. The van der Waals surface area contributed by atoms with E-state index in [9.17, 15) is 0 Å². The molecule has 0 atom stereocenters. The molecule has 0 radical (unpaired) electrons. The molecule has 3 aromatic carbocycles. The van der Waals surface area contributed by atoms with Gasteiger partial charge in [0.05, 0.1) is 12.5 Å². The van der Waals surface area contributed by atoms with Gasteiger partial charge in [-0.15, -0.1) is 0 Å². The van der Waals surface area contributed by atoms with Gasteiger partial charge in [0.25, 0.3) is 0 Å². The lowest BCUT2D eigenvalue weighted by Gasteiger charge is -2.39. The van der Waals surface area contributed by atoms with E-state index >= 15 is 0 Å². The smallest absolute Gasteiger partial charge is 0.127 e. The van der Waals surface area contributed by atoms with Crippen molar-refractivity contribution in [1.29, 1.82) is 0 Å². The van der Waals surface area contributed by atoms with Gasteiger partial charge in [0.1, 0.15) is 5.75 Å². The number of ether oxygens (including phenoxy) is 1. The summed E-state index contributed by atoms with van der Waals surface area (Å²) in [5, 5.41) is 0. The molecule has 0 bridgehead atoms. The summed E-state index contributed by atoms with van der Waals surface area (Å²) in [4.78, 5) is 0. The monoisotopic (exact) mass is 408 g/mol. The molecule has 0 aromatic heterocycles. The first-order valence-corrected chi connectivity index (χ1v) is 11.1. The van der Waals surface area contributed by atoms with Crippen molar-refractivity contribution in [1.82, 2.24) is 0 Å². The Kier molecular flexibility index (Phi) is 5.62. The highest BCUT2D eigenvalue weighted by molar-refractivity contribution is 5.67. The molecule has 3 aromatic rings. The molecule has 158 valence electrons. The van der Waals surface area contributed by atoms with Crippen molar-refractivity contribution < 1.29 is 4.74 Å². The number of hydrogen-bond acceptors (Lipinski definition) is 1. The Hall–Kier alpha value is -3.06. The van der Waals surface area contributed by atoms with Gasteiger partial charge in [-0.25, -0.2) is 0 Å². The highest BCUT2D eigenvalue weighted by Gasteiger charge is 2.43. The molecule has 1 aliphatic carbocycles. The van der Waals surface area contributed by atoms with E-state index in [0.29, 0.717) is 0 Å². The molecular formula is C30H32O. The van der Waals surface area contributed by atoms with Crippen LogP contribution >= 0.6 is 0 Å². The second-order valence-electron chi connectivity index (χ2n) is 9.42. The van der Waals surface area contributed by atoms with E-state index in [1.807, 2.05) is 7.11 Å². The Balaban J connectivity index is 2.20. The second kappa shape index (κ2) is 8.23. The van der Waals surface area contributed by atoms with Gasteiger partial charge in [0.2, 0.25) is 0 Å². The number of aryl methyl sites for hydroxylation is 1. The lowest BCUT2D eigenvalue weighted by Crippen LogP contribution is -2.32. The first kappa shape index (κ1) is 21.2. The number of methoxy groups -OCH3 is 1. The minimum atomic E-state index is -0.452. The molecule has 1 nitrogen and oxygen atoms in total. The van der Waals surface area contributed by atoms with Gasteiger partial charge in [0, 0.05) is 11.1 Å². The Morgan fingerprint density at radius 3 is 1.77 bits per heavy atom. The van der Waals surface area contributed by atoms with Crippen LogP contribution in [0.2, 0.25) is 0 Å². The lowest BCUT2D eigenvalue weighted by atomic mass is 9.63. The third-order valence-corrected chi connectivity index (χ3v) is 6.27. The lowest BCUT2D eigenvalue weighted by molar-refractivity contribution is 0.388. The Labute approximate surface area is 187 Å². The summed E-state index contributed by atoms with van der Waals surface area (Å²) in [5.41, 5.74) is 7.01. The van der Waals surface area contributed by atoms with Crippen LogP contribution in [0.4, 0.5) is 0 Å². The minimum absolute atomic E-state index is 0.0366. The van der Waals surface area contributed by atoms with Crippen LogP contribution in [-0.2, 0) is 10.8 Å². The maximum atomic E-state index is 6.22. The van der Waals surface area contributed by atoms with E-state index in [4.69, 9.17) is 4.74 Å². The maximum Gasteiger partial charge on any atom is 0.127 e. The fourth-order valence-electron chi connectivity index (χ4n) is 4.91. The number of rotatable bonds is 5. The van der Waals surface area contributed by atoms with E-state index < -0.39 is 5.41 Å². The van der Waals surface area contributed by atoms with Crippen LogP contribution in [-0.4, -0.2) is 7.11 Å². The predicted octanol–water partition coefficient (Wildman–Crippen LogP) is 7.52. The molecule has 0 amide bonds. The zero-order chi connectivity index (χ0) is 22.1. The summed E-state index contributed by atoms with van der Waals surface area (Å²) in [7, 11) is 1.81. The average Bonchev–Trinajstić information content (AvgIpc) is 3.30. The standard InChI is InChI=1S/C30H32O/c1-22-20-26(29(2,3)4)28(31-5)27(21-22)30(25-18-12-13-19-25,23-14-8-6-9-15-23)24-16-10-7-11-17-24/h6-12,14-21H,13H2,1-5H3. The largest absolute Gasteiger partial charge is 0.496 e. The second-order valence-corrected chi connectivity index (χ2v) is 9.42. The van der Waals surface area contributed by atoms with Crippen molar-refractivity contribution in [2.45, 2.75) is 44.9 Å². The molecule has 0 N–H and O–H groups in total. The SMILES string of the molecule is COc1c(C(C)(C)C)cc(C)cc1C(C1=CCC=C1)(c1ccccc1)c1ccccc1. The summed E-state index contributed by atoms with van der Waals surface area (Å²) in [6.45, 7) is 8.97. The average molecular weight is 409 g/mol. The topological polar surface area (TPSA) is 9.23 Å². The predicted molar refractivity (Wildman–Crippen MR) is 131 cm³/mol. The Morgan fingerprint density at radius 1 is 0.774 bits per heavy atom. The van der Waals surface area contributed by atoms with Crippen molar-refractivity contribution >= 4 is 0 Å². The molecule has 0 unspecified atom stereocenters. The molecule has 4 rings (SSSR count). The van der Waals surface area contributed by atoms with Crippen LogP contribution in [0.15, 0.2) is 96.6 Å². The third kappa shape index (κ3) is 3.63. The van der Waals surface area contributed by atoms with Crippen molar-refractivity contribution in [3.63, 3.8) is 0 Å². The molecule has 0 heterocycles. The van der Waals surface area contributed by atoms with Gasteiger partial charge in [-0.1, -0.05) is 117 Å². The quantitative estimate of drug-likeness (QED) is 0.397. The normalized spacial score (nSPS) is 13.9. The van der Waals surface area contributed by atoms with Gasteiger partial charge in [0.15, 0.2) is 0 Å². The van der Waals surface area contributed by atoms with E-state index in [1.54, 1.807) is 0 Å². The van der Waals surface area contributed by atoms with Crippen LogP contribution in [0.3, 0.4) is 0 Å². The van der Waals surface area contributed by atoms with Crippen molar-refractivity contribution in [2.75, 3.05) is 7.11 Å². The molecule has 0 aliphatic heterocycles. The Bertz CT molecular complexity index is 1070. The van der Waals surface area contributed by atoms with E-state index in [2.05, 4.69) is 119 Å². The molecule has 0 fully saturated rings. The van der Waals surface area contributed by atoms with E-state index in [1.165, 1.54) is 33.4 Å². The zero-order valence-corrected chi connectivity index (χ0v) is 19.3. The minimum Gasteiger partial charge on any atom is -0.496 e. The van der Waals surface area contributed by atoms with Crippen LogP contribution in [0.25, 0.3) is 0 Å². The fourth-order valence-corrected chi connectivity index (χ4v) is 4.91. The first-order chi connectivity index (χ1) is 14.9. The van der Waals surface area contributed by atoms with Crippen molar-refractivity contribution in [3.8, 4) is 5.75 Å². The summed E-state index contributed by atoms with van der Waals surface area (Å²) < 4.78 is 6.22. The highest BCUT2D eigenvalue weighted by Crippen LogP contribution is 2.52. The van der Waals surface area contributed by atoms with Gasteiger partial charge >= 0.3 is 0 Å². The molecule has 1 aliphatic rings. The van der Waals surface area contributed by atoms with Crippen LogP contribution in [0.1, 0.15) is 55.0 Å².